The van der Waals surface area contributed by atoms with Gasteiger partial charge in [-0.05, 0) is 6.07 Å². The molecule has 1 aromatic heterocycles. The molecule has 0 fully saturated rings. The van der Waals surface area contributed by atoms with Crippen molar-refractivity contribution < 1.29 is 8.81 Å². The van der Waals surface area contributed by atoms with Gasteiger partial charge in [-0.15, -0.1) is 0 Å². The standard InChI is InChI=1S/C6H8FNO/c7-2-3-8-6-1-4-9-5-6/h1,4-5,8H,2-3H2. The van der Waals surface area contributed by atoms with Crippen LogP contribution in [0, 0.1) is 0 Å². The molecule has 1 N–H and O–H groups in total. The van der Waals surface area contributed by atoms with E-state index in [1.54, 1.807) is 12.3 Å². The Bertz CT molecular complexity index is 150. The molecule has 0 radical (unpaired) electrons. The van der Waals surface area contributed by atoms with Crippen LogP contribution in [-0.4, -0.2) is 13.2 Å². The van der Waals surface area contributed by atoms with E-state index in [0.717, 1.165) is 5.69 Å². The topological polar surface area (TPSA) is 25.2 Å². The van der Waals surface area contributed by atoms with Gasteiger partial charge in [-0.2, -0.15) is 0 Å². The largest absolute Gasteiger partial charge is 0.470 e. The Morgan fingerprint density at radius 3 is 3.11 bits per heavy atom. The summed E-state index contributed by atoms with van der Waals surface area (Å²) in [5.74, 6) is 0. The van der Waals surface area contributed by atoms with E-state index in [1.165, 1.54) is 6.26 Å². The fourth-order valence-electron chi connectivity index (χ4n) is 0.557. The van der Waals surface area contributed by atoms with Crippen molar-refractivity contribution in [3.63, 3.8) is 0 Å². The molecule has 50 valence electrons. The Morgan fingerprint density at radius 2 is 2.56 bits per heavy atom. The van der Waals surface area contributed by atoms with Gasteiger partial charge < -0.3 is 9.73 Å². The molecule has 0 aromatic carbocycles. The third kappa shape index (κ3) is 1.76. The molecule has 0 spiro atoms. The van der Waals surface area contributed by atoms with Gasteiger partial charge in [-0.3, -0.25) is 0 Å². The summed E-state index contributed by atoms with van der Waals surface area (Å²) in [6.45, 7) is -0.00921. The minimum atomic E-state index is -0.356. The summed E-state index contributed by atoms with van der Waals surface area (Å²) in [5, 5.41) is 2.81. The lowest BCUT2D eigenvalue weighted by Gasteiger charge is -1.94. The van der Waals surface area contributed by atoms with Gasteiger partial charge in [0.2, 0.25) is 0 Å². The maximum atomic E-state index is 11.5. The first-order valence-electron chi connectivity index (χ1n) is 2.75. The summed E-state index contributed by atoms with van der Waals surface area (Å²) in [6, 6.07) is 1.75. The smallest absolute Gasteiger partial charge is 0.113 e. The molecule has 0 unspecified atom stereocenters. The lowest BCUT2D eigenvalue weighted by Crippen LogP contribution is -2.00. The van der Waals surface area contributed by atoms with Gasteiger partial charge in [0, 0.05) is 6.54 Å². The van der Waals surface area contributed by atoms with Crippen molar-refractivity contribution in [3.8, 4) is 0 Å². The lowest BCUT2D eigenvalue weighted by atomic mass is 10.5. The molecular weight excluding hydrogens is 121 g/mol. The molecule has 1 rings (SSSR count). The van der Waals surface area contributed by atoms with Gasteiger partial charge >= 0.3 is 0 Å². The van der Waals surface area contributed by atoms with E-state index in [4.69, 9.17) is 4.42 Å². The predicted octanol–water partition coefficient (Wildman–Crippen LogP) is 1.66. The molecule has 9 heavy (non-hydrogen) atoms. The van der Waals surface area contributed by atoms with E-state index in [-0.39, 0.29) is 6.67 Å². The van der Waals surface area contributed by atoms with Crippen LogP contribution in [0.1, 0.15) is 0 Å². The maximum Gasteiger partial charge on any atom is 0.113 e. The number of furan rings is 1. The first-order chi connectivity index (χ1) is 4.43. The highest BCUT2D eigenvalue weighted by atomic mass is 19.1. The van der Waals surface area contributed by atoms with Crippen molar-refractivity contribution in [2.24, 2.45) is 0 Å². The maximum absolute atomic E-state index is 11.5. The summed E-state index contributed by atoms with van der Waals surface area (Å²) >= 11 is 0. The molecule has 0 saturated heterocycles. The number of rotatable bonds is 3. The van der Waals surface area contributed by atoms with E-state index in [2.05, 4.69) is 5.32 Å². The molecular formula is C6H8FNO. The second-order valence-corrected chi connectivity index (χ2v) is 1.63. The molecule has 0 atom stereocenters. The van der Waals surface area contributed by atoms with Gasteiger partial charge in [0.1, 0.15) is 12.9 Å². The summed E-state index contributed by atoms with van der Waals surface area (Å²) in [7, 11) is 0. The molecule has 0 aliphatic heterocycles. The number of hydrogen-bond acceptors (Lipinski definition) is 2. The van der Waals surface area contributed by atoms with Gasteiger partial charge in [-0.1, -0.05) is 0 Å². The molecule has 2 nitrogen and oxygen atoms in total. The van der Waals surface area contributed by atoms with Crippen LogP contribution >= 0.6 is 0 Å². The van der Waals surface area contributed by atoms with Gasteiger partial charge in [-0.25, -0.2) is 4.39 Å². The molecule has 0 aliphatic rings. The monoisotopic (exact) mass is 129 g/mol. The molecule has 1 heterocycles. The van der Waals surface area contributed by atoms with Crippen LogP contribution in [0.2, 0.25) is 0 Å². The summed E-state index contributed by atoms with van der Waals surface area (Å²) in [6.07, 6.45) is 3.08. The average molecular weight is 129 g/mol. The molecule has 3 heteroatoms. The number of hydrogen-bond donors (Lipinski definition) is 1. The van der Waals surface area contributed by atoms with Crippen LogP contribution in [0.3, 0.4) is 0 Å². The Kier molecular flexibility index (Phi) is 2.13. The van der Waals surface area contributed by atoms with Gasteiger partial charge in [0.25, 0.3) is 0 Å². The fourth-order valence-corrected chi connectivity index (χ4v) is 0.557. The highest BCUT2D eigenvalue weighted by Crippen LogP contribution is 2.04. The molecule has 0 bridgehead atoms. The van der Waals surface area contributed by atoms with Crippen molar-refractivity contribution >= 4 is 5.69 Å². The van der Waals surface area contributed by atoms with Crippen molar-refractivity contribution in [2.75, 3.05) is 18.5 Å². The fraction of sp³-hybridized carbons (Fsp3) is 0.333. The van der Waals surface area contributed by atoms with Crippen LogP contribution in [0.15, 0.2) is 23.0 Å². The Labute approximate surface area is 52.7 Å². The number of anilines is 1. The minimum Gasteiger partial charge on any atom is -0.470 e. The molecule has 0 amide bonds. The quantitative estimate of drug-likeness (QED) is 0.671. The Balaban J connectivity index is 2.30. The number of alkyl halides is 1. The SMILES string of the molecule is FCCNc1ccoc1. The van der Waals surface area contributed by atoms with Crippen LogP contribution in [0.25, 0.3) is 0 Å². The molecule has 0 saturated carbocycles. The highest BCUT2D eigenvalue weighted by Gasteiger charge is 1.88. The summed E-state index contributed by atoms with van der Waals surface area (Å²) < 4.78 is 16.2. The molecule has 0 aliphatic carbocycles. The van der Waals surface area contributed by atoms with Crippen molar-refractivity contribution in [3.05, 3.63) is 18.6 Å². The summed E-state index contributed by atoms with van der Waals surface area (Å²) in [4.78, 5) is 0. The van der Waals surface area contributed by atoms with Crippen molar-refractivity contribution in [2.45, 2.75) is 0 Å². The zero-order valence-corrected chi connectivity index (χ0v) is 4.93. The third-order valence-electron chi connectivity index (χ3n) is 0.945. The highest BCUT2D eigenvalue weighted by molar-refractivity contribution is 5.38. The second-order valence-electron chi connectivity index (χ2n) is 1.63. The zero-order valence-electron chi connectivity index (χ0n) is 4.93. The lowest BCUT2D eigenvalue weighted by molar-refractivity contribution is 0.512. The normalized spacial score (nSPS) is 9.44. The van der Waals surface area contributed by atoms with Crippen molar-refractivity contribution in [1.29, 1.82) is 0 Å². The zero-order chi connectivity index (χ0) is 6.53. The Hall–Kier alpha value is -0.990. The summed E-state index contributed by atoms with van der Waals surface area (Å²) in [5.41, 5.74) is 0.827. The second kappa shape index (κ2) is 3.12. The van der Waals surface area contributed by atoms with E-state index >= 15 is 0 Å². The van der Waals surface area contributed by atoms with Crippen LogP contribution < -0.4 is 5.32 Å². The number of halogens is 1. The van der Waals surface area contributed by atoms with Crippen LogP contribution in [0.4, 0.5) is 10.1 Å². The van der Waals surface area contributed by atoms with E-state index < -0.39 is 0 Å². The van der Waals surface area contributed by atoms with E-state index in [0.29, 0.717) is 6.54 Å². The van der Waals surface area contributed by atoms with E-state index in [9.17, 15) is 4.39 Å². The van der Waals surface area contributed by atoms with Gasteiger partial charge in [0.15, 0.2) is 0 Å². The van der Waals surface area contributed by atoms with Crippen LogP contribution in [-0.2, 0) is 0 Å². The Morgan fingerprint density at radius 1 is 1.67 bits per heavy atom. The van der Waals surface area contributed by atoms with Crippen molar-refractivity contribution in [1.82, 2.24) is 0 Å². The van der Waals surface area contributed by atoms with Gasteiger partial charge in [0.05, 0.1) is 12.0 Å². The number of nitrogens with one attached hydrogen (secondary N) is 1. The van der Waals surface area contributed by atoms with Crippen LogP contribution in [0.5, 0.6) is 0 Å². The predicted molar refractivity (Wildman–Crippen MR) is 33.2 cm³/mol. The first-order valence-corrected chi connectivity index (χ1v) is 2.75. The first kappa shape index (κ1) is 6.13. The minimum absolute atomic E-state index is 0.347. The van der Waals surface area contributed by atoms with E-state index in [1.807, 2.05) is 0 Å². The average Bonchev–Trinajstić information content (AvgIpc) is 2.34. The third-order valence-corrected chi connectivity index (χ3v) is 0.945. The molecule has 1 aromatic rings.